The molecule has 0 spiro atoms. The van der Waals surface area contributed by atoms with Gasteiger partial charge in [0.15, 0.2) is 20.9 Å². The molecule has 11 rings (SSSR count). The highest BCUT2D eigenvalue weighted by Crippen LogP contribution is 2.42. The van der Waals surface area contributed by atoms with Crippen molar-refractivity contribution in [1.82, 2.24) is 0 Å². The molecule has 16 atom stereocenters. The molecule has 3 fully saturated rings. The molecule has 0 aromatic heterocycles. The van der Waals surface area contributed by atoms with Crippen LogP contribution in [0.25, 0.3) is 10.4 Å². The van der Waals surface area contributed by atoms with E-state index in [9.17, 15) is 15.7 Å². The summed E-state index contributed by atoms with van der Waals surface area (Å²) in [5.74, 6) is 0. The van der Waals surface area contributed by atoms with Gasteiger partial charge in [0.05, 0.1) is 66.1 Å². The average Bonchev–Trinajstić information content (AvgIpc) is 0.762. The van der Waals surface area contributed by atoms with Gasteiger partial charge in [-0.05, 0) is 68.2 Å². The van der Waals surface area contributed by atoms with E-state index in [1.54, 1.807) is 0 Å². The Hall–Kier alpha value is -7.31. The summed E-state index contributed by atoms with van der Waals surface area (Å²) in [6.07, 6.45) is -18.2. The van der Waals surface area contributed by atoms with Crippen molar-refractivity contribution in [1.29, 1.82) is 0 Å². The van der Waals surface area contributed by atoms with Crippen molar-refractivity contribution in [3.05, 3.63) is 298 Å². The largest absolute Gasteiger partial charge is 0.414 e. The zero-order valence-corrected chi connectivity index (χ0v) is 57.9. The van der Waals surface area contributed by atoms with Crippen LogP contribution in [0.3, 0.4) is 0 Å². The van der Waals surface area contributed by atoms with Crippen LogP contribution >= 0.6 is 0 Å². The smallest absolute Gasteiger partial charge is 0.192 e. The van der Waals surface area contributed by atoms with Crippen LogP contribution in [0.2, 0.25) is 18.1 Å². The van der Waals surface area contributed by atoms with E-state index in [-0.39, 0.29) is 71.1 Å². The molecule has 522 valence electrons. The molecule has 8 aromatic rings. The predicted octanol–water partition coefficient (Wildman–Crippen LogP) is 14.0. The van der Waals surface area contributed by atoms with Gasteiger partial charge in [0.25, 0.3) is 0 Å². The first-order valence-corrected chi connectivity index (χ1v) is 37.1. The fraction of sp³-hybridized carbons (Fsp3) is 0.400. The summed E-state index contributed by atoms with van der Waals surface area (Å²) in [4.78, 5) is 3.47. The molecular formula is C80H93N3O15Si. The molecule has 19 heteroatoms. The normalized spacial score (nSPS) is 26.5. The van der Waals surface area contributed by atoms with Gasteiger partial charge in [-0.1, -0.05) is 269 Å². The van der Waals surface area contributed by atoms with Gasteiger partial charge in [-0.2, -0.15) is 0 Å². The first-order chi connectivity index (χ1) is 48.3. The molecule has 0 radical (unpaired) electrons. The molecule has 2 N–H and O–H groups in total. The summed E-state index contributed by atoms with van der Waals surface area (Å²) >= 11 is 0. The molecule has 1 aliphatic carbocycles. The van der Waals surface area contributed by atoms with Crippen LogP contribution in [0.15, 0.2) is 248 Å². The van der Waals surface area contributed by atoms with Gasteiger partial charge in [-0.3, -0.25) is 0 Å². The van der Waals surface area contributed by atoms with E-state index in [2.05, 4.69) is 43.9 Å². The SMILES string of the molecule is CC(C)(C)[Si](C)(C)OCC1OC(OC2C(COCc3ccccc3)OC(OC3C(O)C(O)C(OCc4ccccc4)C(OCc4ccccc4)C3OCc3ccccc3)C(N=[N+]=[N-])C2OCc2ccccc2)C(OCc2ccccc2)C(OCc2ccccc2)C1OCc1ccccc1. The highest BCUT2D eigenvalue weighted by atomic mass is 28.4. The summed E-state index contributed by atoms with van der Waals surface area (Å²) in [7, 11) is -2.50. The van der Waals surface area contributed by atoms with E-state index < -0.39 is 106 Å². The number of hydrogen-bond acceptors (Lipinski definition) is 16. The number of rotatable bonds is 33. The highest BCUT2D eigenvalue weighted by molar-refractivity contribution is 6.74. The van der Waals surface area contributed by atoms with E-state index in [0.717, 1.165) is 44.5 Å². The maximum Gasteiger partial charge on any atom is 0.192 e. The van der Waals surface area contributed by atoms with Crippen molar-refractivity contribution >= 4 is 8.32 Å². The lowest BCUT2D eigenvalue weighted by molar-refractivity contribution is -0.372. The summed E-state index contributed by atoms with van der Waals surface area (Å²) < 4.78 is 92.6. The number of azide groups is 1. The molecule has 3 aliphatic rings. The lowest BCUT2D eigenvalue weighted by Crippen LogP contribution is -2.69. The van der Waals surface area contributed by atoms with Crippen LogP contribution in [-0.2, 0) is 114 Å². The molecular weight excluding hydrogens is 1270 g/mol. The van der Waals surface area contributed by atoms with Gasteiger partial charge in [0.1, 0.15) is 85.4 Å². The molecule has 0 amide bonds. The first kappa shape index (κ1) is 72.9. The zero-order chi connectivity index (χ0) is 68.8. The molecule has 2 saturated heterocycles. The first-order valence-electron chi connectivity index (χ1n) is 34.1. The molecule has 16 unspecified atom stereocenters. The molecule has 8 aromatic carbocycles. The van der Waals surface area contributed by atoms with Crippen molar-refractivity contribution in [3.63, 3.8) is 0 Å². The highest BCUT2D eigenvalue weighted by Gasteiger charge is 2.58. The number of aliphatic hydroxyl groups excluding tert-OH is 2. The number of nitrogens with zero attached hydrogens (tertiary/aromatic N) is 3. The number of aliphatic hydroxyl groups is 2. The average molecular weight is 1360 g/mol. The van der Waals surface area contributed by atoms with E-state index in [1.807, 2.05) is 243 Å². The monoisotopic (exact) mass is 1360 g/mol. The van der Waals surface area contributed by atoms with Crippen molar-refractivity contribution in [3.8, 4) is 0 Å². The molecule has 2 aliphatic heterocycles. The minimum absolute atomic E-state index is 0.00279. The van der Waals surface area contributed by atoms with Crippen LogP contribution in [0.4, 0.5) is 0 Å². The van der Waals surface area contributed by atoms with Crippen LogP contribution in [0, 0.1) is 0 Å². The summed E-state index contributed by atoms with van der Waals surface area (Å²) in [5.41, 5.74) is 17.8. The third kappa shape index (κ3) is 20.2. The third-order valence-electron chi connectivity index (χ3n) is 18.8. The minimum Gasteiger partial charge on any atom is -0.414 e. The number of hydrogen-bond donors (Lipinski definition) is 2. The lowest BCUT2D eigenvalue weighted by atomic mass is 9.83. The van der Waals surface area contributed by atoms with E-state index >= 15 is 0 Å². The maximum atomic E-state index is 12.8. The van der Waals surface area contributed by atoms with Crippen molar-refractivity contribution in [2.24, 2.45) is 5.11 Å². The van der Waals surface area contributed by atoms with Gasteiger partial charge in [-0.25, -0.2) is 0 Å². The maximum absolute atomic E-state index is 12.8. The van der Waals surface area contributed by atoms with Gasteiger partial charge in [0.2, 0.25) is 0 Å². The van der Waals surface area contributed by atoms with Crippen LogP contribution in [0.1, 0.15) is 65.3 Å². The Kier molecular flexibility index (Phi) is 26.8. The Balaban J connectivity index is 1.02. The fourth-order valence-corrected chi connectivity index (χ4v) is 13.3. The third-order valence-corrected chi connectivity index (χ3v) is 23.3. The van der Waals surface area contributed by atoms with Crippen molar-refractivity contribution in [2.45, 2.75) is 190 Å². The number of ether oxygens (including phenoxy) is 12. The van der Waals surface area contributed by atoms with E-state index in [4.69, 9.17) is 61.3 Å². The van der Waals surface area contributed by atoms with E-state index in [0.29, 0.717) is 0 Å². The van der Waals surface area contributed by atoms with Gasteiger partial charge < -0.3 is 71.5 Å². The van der Waals surface area contributed by atoms with Gasteiger partial charge >= 0.3 is 0 Å². The minimum atomic E-state index is -2.50. The van der Waals surface area contributed by atoms with Crippen LogP contribution in [0.5, 0.6) is 0 Å². The lowest BCUT2D eigenvalue weighted by Gasteiger charge is -2.52. The Morgan fingerprint density at radius 3 is 1.04 bits per heavy atom. The zero-order valence-electron chi connectivity index (χ0n) is 56.9. The molecule has 99 heavy (non-hydrogen) atoms. The van der Waals surface area contributed by atoms with Gasteiger partial charge in [0, 0.05) is 4.91 Å². The van der Waals surface area contributed by atoms with E-state index in [1.165, 1.54) is 0 Å². The second-order valence-electron chi connectivity index (χ2n) is 26.9. The molecule has 0 bridgehead atoms. The summed E-state index contributed by atoms with van der Waals surface area (Å²) in [6.45, 7) is 11.8. The summed E-state index contributed by atoms with van der Waals surface area (Å²) in [6, 6.07) is 76.4. The van der Waals surface area contributed by atoms with Crippen LogP contribution < -0.4 is 0 Å². The number of benzene rings is 8. The fourth-order valence-electron chi connectivity index (χ4n) is 12.3. The Bertz CT molecular complexity index is 3650. The quantitative estimate of drug-likeness (QED) is 0.0170. The predicted molar refractivity (Wildman–Crippen MR) is 376 cm³/mol. The summed E-state index contributed by atoms with van der Waals surface area (Å²) in [5, 5.41) is 29.8. The van der Waals surface area contributed by atoms with Crippen molar-refractivity contribution < 1.29 is 71.5 Å². The molecule has 2 heterocycles. The Labute approximate surface area is 582 Å². The van der Waals surface area contributed by atoms with Crippen molar-refractivity contribution in [2.75, 3.05) is 13.2 Å². The Morgan fingerprint density at radius 2 is 0.657 bits per heavy atom. The molecule has 1 saturated carbocycles. The van der Waals surface area contributed by atoms with Crippen LogP contribution in [-0.4, -0.2) is 130 Å². The molecule has 18 nitrogen and oxygen atoms in total. The second kappa shape index (κ2) is 36.3. The standard InChI is InChI=1S/C80H93N3O15Si/c1-80(2,3)99(4,5)94-55-65-69(87-47-57-32-16-7-17-33-57)74(90-50-60-38-22-10-23-39-60)77(93-53-63-44-28-13-29-45-63)79(96-65)97-70-64(54-86-46-56-30-14-6-15-31-56)95-78(66(82-83-81)71(70)88-48-58-34-18-8-19-35-58)98-73-68(85)67(84)72(89-49-59-36-20-9-21-37-59)75(91-51-61-40-24-11-25-41-61)76(73)92-52-62-42-26-12-27-43-62/h6-45,64-79,84-85H,46-55H2,1-5H3. The topological polar surface area (TPSA) is 209 Å². The second-order valence-corrected chi connectivity index (χ2v) is 31.7. The Morgan fingerprint density at radius 1 is 0.364 bits per heavy atom. The van der Waals surface area contributed by atoms with Gasteiger partial charge in [-0.15, -0.1) is 0 Å².